The standard InChI is InChI=1S/C13H19BrN2O4S/c1-13(2,3)12(14)7-9-5-6-10(21(19,20)15-4)8-11(9)16(17)18/h5-6,8,12,15H,7H2,1-4H3. The average molecular weight is 379 g/mol. The summed E-state index contributed by atoms with van der Waals surface area (Å²) in [7, 11) is -2.43. The molecule has 1 N–H and O–H groups in total. The minimum Gasteiger partial charge on any atom is -0.258 e. The number of halogens is 1. The van der Waals surface area contributed by atoms with Gasteiger partial charge in [0.05, 0.1) is 9.82 Å². The smallest absolute Gasteiger partial charge is 0.258 e. The van der Waals surface area contributed by atoms with Gasteiger partial charge in [-0.05, 0) is 24.9 Å². The predicted octanol–water partition coefficient (Wildman–Crippen LogP) is 2.86. The molecule has 0 amide bonds. The van der Waals surface area contributed by atoms with Crippen LogP contribution in [0.1, 0.15) is 26.3 Å². The molecular formula is C13H19BrN2O4S. The third-order valence-corrected chi connectivity index (χ3v) is 6.28. The maximum absolute atomic E-state index is 11.7. The van der Waals surface area contributed by atoms with Gasteiger partial charge < -0.3 is 0 Å². The fourth-order valence-electron chi connectivity index (χ4n) is 1.67. The fourth-order valence-corrected chi connectivity index (χ4v) is 2.77. The Hall–Kier alpha value is -0.990. The zero-order valence-corrected chi connectivity index (χ0v) is 14.8. The third kappa shape index (κ3) is 4.49. The van der Waals surface area contributed by atoms with Crippen LogP contribution in [0.5, 0.6) is 0 Å². The summed E-state index contributed by atoms with van der Waals surface area (Å²) >= 11 is 3.54. The molecule has 1 aromatic carbocycles. The molecule has 0 fully saturated rings. The van der Waals surface area contributed by atoms with E-state index >= 15 is 0 Å². The van der Waals surface area contributed by atoms with Crippen molar-refractivity contribution in [3.05, 3.63) is 33.9 Å². The van der Waals surface area contributed by atoms with Crippen LogP contribution in [0.4, 0.5) is 5.69 Å². The van der Waals surface area contributed by atoms with Crippen molar-refractivity contribution in [2.45, 2.75) is 36.9 Å². The van der Waals surface area contributed by atoms with Gasteiger partial charge in [-0.2, -0.15) is 0 Å². The molecule has 0 radical (unpaired) electrons. The van der Waals surface area contributed by atoms with Crippen molar-refractivity contribution in [3.63, 3.8) is 0 Å². The molecular weight excluding hydrogens is 360 g/mol. The van der Waals surface area contributed by atoms with E-state index in [0.717, 1.165) is 6.07 Å². The minimum absolute atomic E-state index is 0.0375. The second kappa shape index (κ2) is 6.41. The van der Waals surface area contributed by atoms with Crippen LogP contribution >= 0.6 is 15.9 Å². The van der Waals surface area contributed by atoms with E-state index in [-0.39, 0.29) is 20.8 Å². The van der Waals surface area contributed by atoms with Crippen LogP contribution in [-0.4, -0.2) is 25.2 Å². The van der Waals surface area contributed by atoms with Crippen molar-refractivity contribution < 1.29 is 13.3 Å². The van der Waals surface area contributed by atoms with Gasteiger partial charge in [0, 0.05) is 16.5 Å². The van der Waals surface area contributed by atoms with Gasteiger partial charge in [0.15, 0.2) is 0 Å². The van der Waals surface area contributed by atoms with E-state index in [9.17, 15) is 18.5 Å². The van der Waals surface area contributed by atoms with Gasteiger partial charge in [-0.25, -0.2) is 13.1 Å². The normalized spacial score (nSPS) is 14.0. The van der Waals surface area contributed by atoms with Crippen LogP contribution < -0.4 is 4.72 Å². The van der Waals surface area contributed by atoms with Crippen LogP contribution in [0.15, 0.2) is 23.1 Å². The summed E-state index contributed by atoms with van der Waals surface area (Å²) in [5.74, 6) is 0. The van der Waals surface area contributed by atoms with Gasteiger partial charge in [-0.15, -0.1) is 0 Å². The largest absolute Gasteiger partial charge is 0.273 e. The molecule has 0 heterocycles. The van der Waals surface area contributed by atoms with E-state index in [1.54, 1.807) is 0 Å². The lowest BCUT2D eigenvalue weighted by molar-refractivity contribution is -0.385. The number of alkyl halides is 1. The van der Waals surface area contributed by atoms with Crippen LogP contribution in [0.25, 0.3) is 0 Å². The Labute approximate surface area is 133 Å². The van der Waals surface area contributed by atoms with E-state index < -0.39 is 14.9 Å². The summed E-state index contributed by atoms with van der Waals surface area (Å²) in [6.07, 6.45) is 0.444. The van der Waals surface area contributed by atoms with Crippen molar-refractivity contribution in [2.24, 2.45) is 5.41 Å². The zero-order chi connectivity index (χ0) is 16.4. The van der Waals surface area contributed by atoms with E-state index in [2.05, 4.69) is 20.7 Å². The maximum atomic E-state index is 11.7. The van der Waals surface area contributed by atoms with Gasteiger partial charge in [0.1, 0.15) is 0 Å². The quantitative estimate of drug-likeness (QED) is 0.484. The van der Waals surface area contributed by atoms with E-state index in [4.69, 9.17) is 0 Å². The Bertz CT molecular complexity index is 638. The van der Waals surface area contributed by atoms with Crippen LogP contribution in [0, 0.1) is 15.5 Å². The van der Waals surface area contributed by atoms with Crippen molar-refractivity contribution in [3.8, 4) is 0 Å². The number of nitrogens with one attached hydrogen (secondary N) is 1. The number of nitro benzene ring substituents is 1. The highest BCUT2D eigenvalue weighted by molar-refractivity contribution is 9.09. The molecule has 0 aliphatic carbocycles. The number of nitro groups is 1. The molecule has 21 heavy (non-hydrogen) atoms. The highest BCUT2D eigenvalue weighted by atomic mass is 79.9. The minimum atomic E-state index is -3.69. The van der Waals surface area contributed by atoms with Crippen LogP contribution in [-0.2, 0) is 16.4 Å². The second-order valence-corrected chi connectivity index (χ2v) is 8.78. The number of nitrogens with zero attached hydrogens (tertiary/aromatic N) is 1. The summed E-state index contributed by atoms with van der Waals surface area (Å²) < 4.78 is 25.6. The topological polar surface area (TPSA) is 89.3 Å². The number of sulfonamides is 1. The molecule has 1 unspecified atom stereocenters. The summed E-state index contributed by atoms with van der Waals surface area (Å²) in [6, 6.07) is 3.99. The summed E-state index contributed by atoms with van der Waals surface area (Å²) in [4.78, 5) is 10.6. The van der Waals surface area contributed by atoms with Gasteiger partial charge >= 0.3 is 0 Å². The fraction of sp³-hybridized carbons (Fsp3) is 0.538. The number of rotatable bonds is 5. The SMILES string of the molecule is CNS(=O)(=O)c1ccc(CC(Br)C(C)(C)C)c([N+](=O)[O-])c1. The lowest BCUT2D eigenvalue weighted by atomic mass is 9.88. The monoisotopic (exact) mass is 378 g/mol. The first-order valence-corrected chi connectivity index (χ1v) is 8.74. The van der Waals surface area contributed by atoms with Crippen LogP contribution in [0.2, 0.25) is 0 Å². The molecule has 0 saturated carbocycles. The molecule has 0 aliphatic heterocycles. The van der Waals surface area contributed by atoms with Crippen molar-refractivity contribution in [1.29, 1.82) is 0 Å². The Morgan fingerprint density at radius 1 is 1.38 bits per heavy atom. The lowest BCUT2D eigenvalue weighted by Gasteiger charge is -2.25. The van der Waals surface area contributed by atoms with Crippen molar-refractivity contribution in [1.82, 2.24) is 4.72 Å². The molecule has 118 valence electrons. The Kier molecular flexibility index (Phi) is 5.51. The number of hydrogen-bond acceptors (Lipinski definition) is 4. The van der Waals surface area contributed by atoms with Crippen molar-refractivity contribution >= 4 is 31.6 Å². The molecule has 1 atom stereocenters. The highest BCUT2D eigenvalue weighted by Crippen LogP contribution is 2.32. The van der Waals surface area contributed by atoms with Gasteiger partial charge in [0.25, 0.3) is 5.69 Å². The highest BCUT2D eigenvalue weighted by Gasteiger charge is 2.26. The van der Waals surface area contributed by atoms with E-state index in [1.807, 2.05) is 20.8 Å². The third-order valence-electron chi connectivity index (χ3n) is 3.17. The summed E-state index contributed by atoms with van der Waals surface area (Å²) in [5.41, 5.74) is 0.260. The van der Waals surface area contributed by atoms with Gasteiger partial charge in [-0.1, -0.05) is 42.8 Å². The first-order valence-electron chi connectivity index (χ1n) is 6.34. The second-order valence-electron chi connectivity index (χ2n) is 5.79. The number of hydrogen-bond donors (Lipinski definition) is 1. The first-order chi connectivity index (χ1) is 9.49. The molecule has 6 nitrogen and oxygen atoms in total. The summed E-state index contributed by atoms with van der Waals surface area (Å²) in [5, 5.41) is 11.2. The van der Waals surface area contributed by atoms with E-state index in [1.165, 1.54) is 19.2 Å². The Morgan fingerprint density at radius 2 is 1.95 bits per heavy atom. The molecule has 1 rings (SSSR count). The molecule has 0 bridgehead atoms. The lowest BCUT2D eigenvalue weighted by Crippen LogP contribution is -2.23. The predicted molar refractivity (Wildman–Crippen MR) is 85.2 cm³/mol. The first kappa shape index (κ1) is 18.1. The molecule has 0 aromatic heterocycles. The van der Waals surface area contributed by atoms with Gasteiger partial charge in [-0.3, -0.25) is 10.1 Å². The Balaban J connectivity index is 3.27. The number of benzene rings is 1. The van der Waals surface area contributed by atoms with Gasteiger partial charge in [0.2, 0.25) is 10.0 Å². The molecule has 1 aromatic rings. The van der Waals surface area contributed by atoms with E-state index in [0.29, 0.717) is 12.0 Å². The molecule has 0 spiro atoms. The average Bonchev–Trinajstić information content (AvgIpc) is 2.37. The zero-order valence-electron chi connectivity index (χ0n) is 12.4. The molecule has 0 aliphatic rings. The molecule has 8 heteroatoms. The Morgan fingerprint density at radius 3 is 2.38 bits per heavy atom. The summed E-state index contributed by atoms with van der Waals surface area (Å²) in [6.45, 7) is 6.08. The van der Waals surface area contributed by atoms with Crippen molar-refractivity contribution in [2.75, 3.05) is 7.05 Å². The molecule has 0 saturated heterocycles. The van der Waals surface area contributed by atoms with Crippen LogP contribution in [0.3, 0.4) is 0 Å². The maximum Gasteiger partial charge on any atom is 0.273 e.